The third kappa shape index (κ3) is 3.09. The number of nitrogens with zero attached hydrogens (tertiary/aromatic N) is 4. The molecule has 1 aliphatic heterocycles. The van der Waals surface area contributed by atoms with Gasteiger partial charge in [-0.2, -0.15) is 0 Å². The molecule has 1 atom stereocenters. The molecule has 1 aliphatic rings. The molecule has 4 rings (SSSR count). The van der Waals surface area contributed by atoms with Crippen molar-refractivity contribution >= 4 is 29.2 Å². The summed E-state index contributed by atoms with van der Waals surface area (Å²) >= 11 is 7.10. The normalized spacial score (nSPS) is 17.2. The predicted octanol–water partition coefficient (Wildman–Crippen LogP) is 4.42. The lowest BCUT2D eigenvalue weighted by Crippen LogP contribution is -2.35. The second kappa shape index (κ2) is 6.75. The topological polar surface area (TPSA) is 77.3 Å². The zero-order chi connectivity index (χ0) is 18.3. The molecule has 0 unspecified atom stereocenters. The van der Waals surface area contributed by atoms with Crippen molar-refractivity contribution in [1.82, 2.24) is 14.7 Å². The zero-order valence-corrected chi connectivity index (χ0v) is 15.6. The van der Waals surface area contributed by atoms with Gasteiger partial charge in [-0.15, -0.1) is 16.4 Å². The van der Waals surface area contributed by atoms with Crippen LogP contribution in [-0.4, -0.2) is 26.1 Å². The maximum atomic E-state index is 11.0. The minimum Gasteiger partial charge on any atom is -0.409 e. The fraction of sp³-hybridized carbons (Fsp3) is 0.294. The first-order chi connectivity index (χ1) is 12.5. The van der Waals surface area contributed by atoms with Crippen molar-refractivity contribution in [2.24, 2.45) is 0 Å². The third-order valence-corrected chi connectivity index (χ3v) is 5.92. The molecule has 3 heterocycles. The fourth-order valence-electron chi connectivity index (χ4n) is 3.19. The van der Waals surface area contributed by atoms with Gasteiger partial charge in [0.15, 0.2) is 0 Å². The van der Waals surface area contributed by atoms with Gasteiger partial charge in [0, 0.05) is 35.2 Å². The van der Waals surface area contributed by atoms with E-state index in [1.165, 1.54) is 22.6 Å². The van der Waals surface area contributed by atoms with Crippen molar-refractivity contribution < 1.29 is 9.34 Å². The van der Waals surface area contributed by atoms with E-state index in [1.54, 1.807) is 28.2 Å². The number of non-ortho nitro benzene ring substituents is 1. The highest BCUT2D eigenvalue weighted by Gasteiger charge is 2.25. The number of nitro groups is 1. The summed E-state index contributed by atoms with van der Waals surface area (Å²) < 4.78 is 7.22. The van der Waals surface area contributed by atoms with Crippen LogP contribution < -0.4 is 0 Å². The average Bonchev–Trinajstić information content (AvgIpc) is 3.25. The molecule has 26 heavy (non-hydrogen) atoms. The molecule has 1 aromatic carbocycles. The van der Waals surface area contributed by atoms with E-state index in [9.17, 15) is 10.1 Å². The highest BCUT2D eigenvalue weighted by atomic mass is 32.1. The van der Waals surface area contributed by atoms with E-state index in [-0.39, 0.29) is 16.6 Å². The fourth-order valence-corrected chi connectivity index (χ4v) is 4.33. The monoisotopic (exact) mass is 388 g/mol. The van der Waals surface area contributed by atoms with Gasteiger partial charge in [-0.3, -0.25) is 15.0 Å². The quantitative estimate of drug-likeness (QED) is 0.374. The van der Waals surface area contributed by atoms with Crippen LogP contribution in [0.3, 0.4) is 0 Å². The Morgan fingerprint density at radius 2 is 2.31 bits per heavy atom. The Hall–Kier alpha value is -2.36. The molecule has 7 nitrogen and oxygen atoms in total. The number of hydrogen-bond donors (Lipinski definition) is 0. The molecular formula is C17H16N4O3S2. The van der Waals surface area contributed by atoms with Gasteiger partial charge in [0.25, 0.3) is 10.5 Å². The summed E-state index contributed by atoms with van der Waals surface area (Å²) in [5.74, 6) is 0.291. The summed E-state index contributed by atoms with van der Waals surface area (Å²) in [6.07, 6.45) is 1.01. The Balaban J connectivity index is 1.59. The maximum absolute atomic E-state index is 11.0. The Morgan fingerprint density at radius 1 is 1.46 bits per heavy atom. The zero-order valence-electron chi connectivity index (χ0n) is 14.0. The molecule has 134 valence electrons. The molecule has 0 aliphatic carbocycles. The molecule has 0 saturated carbocycles. The predicted molar refractivity (Wildman–Crippen MR) is 101 cm³/mol. The van der Waals surface area contributed by atoms with Crippen molar-refractivity contribution in [1.29, 1.82) is 0 Å². The molecule has 0 amide bonds. The summed E-state index contributed by atoms with van der Waals surface area (Å²) in [5, 5.41) is 17.5. The summed E-state index contributed by atoms with van der Waals surface area (Å²) in [5.41, 5.74) is 1.89. The van der Waals surface area contributed by atoms with Crippen molar-refractivity contribution in [2.45, 2.75) is 26.1 Å². The number of fused-ring (bicyclic) bond motifs is 1. The van der Waals surface area contributed by atoms with Crippen LogP contribution in [-0.2, 0) is 13.1 Å². The van der Waals surface area contributed by atoms with Crippen LogP contribution >= 0.6 is 23.6 Å². The van der Waals surface area contributed by atoms with Crippen molar-refractivity contribution in [3.63, 3.8) is 0 Å². The maximum Gasteiger partial charge on any atom is 0.288 e. The molecule has 0 N–H and O–H groups in total. The van der Waals surface area contributed by atoms with Crippen LogP contribution in [0.5, 0.6) is 0 Å². The Kier molecular flexibility index (Phi) is 4.43. The van der Waals surface area contributed by atoms with Crippen LogP contribution in [0.25, 0.3) is 11.5 Å². The molecule has 0 radical (unpaired) electrons. The summed E-state index contributed by atoms with van der Waals surface area (Å²) in [4.78, 5) is 14.5. The number of nitro benzene ring substituents is 1. The van der Waals surface area contributed by atoms with Crippen LogP contribution in [0.2, 0.25) is 0 Å². The van der Waals surface area contributed by atoms with Gasteiger partial charge in [0.1, 0.15) is 0 Å². The molecule has 3 aromatic rings. The standard InChI is InChI=1S/C17H16N4O3S2/c1-11-14-6-8-26-15(14)5-7-19(11)10-20-17(25)24-16(18-20)12-3-2-4-13(9-12)21(22)23/h2-4,6,8-9,11H,5,7,10H2,1H3/t11-/m1/s1. The Morgan fingerprint density at radius 3 is 3.12 bits per heavy atom. The van der Waals surface area contributed by atoms with Crippen LogP contribution in [0.4, 0.5) is 5.69 Å². The van der Waals surface area contributed by atoms with Crippen LogP contribution in [0.1, 0.15) is 23.4 Å². The van der Waals surface area contributed by atoms with Crippen molar-refractivity contribution in [2.75, 3.05) is 6.54 Å². The van der Waals surface area contributed by atoms with E-state index in [2.05, 4.69) is 28.4 Å². The van der Waals surface area contributed by atoms with E-state index in [4.69, 9.17) is 16.6 Å². The molecule has 2 aromatic heterocycles. The molecule has 0 saturated heterocycles. The van der Waals surface area contributed by atoms with Gasteiger partial charge in [-0.25, -0.2) is 4.68 Å². The third-order valence-electron chi connectivity index (χ3n) is 4.63. The summed E-state index contributed by atoms with van der Waals surface area (Å²) in [6, 6.07) is 8.65. The molecular weight excluding hydrogens is 372 g/mol. The van der Waals surface area contributed by atoms with E-state index in [1.807, 2.05) is 0 Å². The van der Waals surface area contributed by atoms with Crippen LogP contribution in [0.15, 0.2) is 40.1 Å². The van der Waals surface area contributed by atoms with E-state index < -0.39 is 4.92 Å². The summed E-state index contributed by atoms with van der Waals surface area (Å²) in [7, 11) is 0. The first-order valence-corrected chi connectivity index (χ1v) is 9.45. The highest BCUT2D eigenvalue weighted by molar-refractivity contribution is 7.71. The van der Waals surface area contributed by atoms with E-state index in [0.717, 1.165) is 13.0 Å². The lowest BCUT2D eigenvalue weighted by atomic mass is 10.0. The smallest absolute Gasteiger partial charge is 0.288 e. The van der Waals surface area contributed by atoms with Crippen LogP contribution in [0, 0.1) is 15.0 Å². The number of benzene rings is 1. The van der Waals surface area contributed by atoms with Gasteiger partial charge in [-0.05, 0) is 48.6 Å². The lowest BCUT2D eigenvalue weighted by molar-refractivity contribution is -0.384. The van der Waals surface area contributed by atoms with Gasteiger partial charge in [-0.1, -0.05) is 6.07 Å². The number of aromatic nitrogens is 2. The van der Waals surface area contributed by atoms with Crippen molar-refractivity contribution in [3.05, 3.63) is 61.1 Å². The highest BCUT2D eigenvalue weighted by Crippen LogP contribution is 2.33. The number of hydrogen-bond acceptors (Lipinski definition) is 7. The Labute approximate surface area is 158 Å². The largest absolute Gasteiger partial charge is 0.409 e. The van der Waals surface area contributed by atoms with Gasteiger partial charge >= 0.3 is 0 Å². The molecule has 9 heteroatoms. The first kappa shape index (κ1) is 17.1. The molecule has 0 fully saturated rings. The first-order valence-electron chi connectivity index (χ1n) is 8.16. The molecule has 0 spiro atoms. The minimum atomic E-state index is -0.442. The second-order valence-electron chi connectivity index (χ2n) is 6.16. The van der Waals surface area contributed by atoms with Gasteiger partial charge in [0.05, 0.1) is 11.6 Å². The second-order valence-corrected chi connectivity index (χ2v) is 7.51. The Bertz CT molecular complexity index is 1020. The SMILES string of the molecule is C[C@@H]1c2ccsc2CCN1Cn1nc(-c2cccc([N+](=O)[O-])c2)oc1=S. The van der Waals surface area contributed by atoms with E-state index in [0.29, 0.717) is 18.1 Å². The molecule has 0 bridgehead atoms. The minimum absolute atomic E-state index is 0.00666. The van der Waals surface area contributed by atoms with Crippen molar-refractivity contribution in [3.8, 4) is 11.5 Å². The number of rotatable bonds is 4. The van der Waals surface area contributed by atoms with E-state index >= 15 is 0 Å². The summed E-state index contributed by atoms with van der Waals surface area (Å²) in [6.45, 7) is 3.62. The van der Waals surface area contributed by atoms with Gasteiger partial charge in [0.2, 0.25) is 5.89 Å². The van der Waals surface area contributed by atoms with Gasteiger partial charge < -0.3 is 4.42 Å². The average molecular weight is 388 g/mol. The lowest BCUT2D eigenvalue weighted by Gasteiger charge is -2.32. The number of thiophene rings is 1.